The van der Waals surface area contributed by atoms with Crippen LogP contribution in [-0.2, 0) is 9.59 Å². The van der Waals surface area contributed by atoms with E-state index in [2.05, 4.69) is 10.3 Å². The predicted molar refractivity (Wildman–Crippen MR) is 79.9 cm³/mol. The minimum absolute atomic E-state index is 0.109. The second-order valence-corrected chi connectivity index (χ2v) is 4.47. The molecule has 1 aliphatic heterocycles. The molecule has 2 amide bonds. The zero-order chi connectivity index (χ0) is 15.4. The Morgan fingerprint density at radius 1 is 1.14 bits per heavy atom. The lowest BCUT2D eigenvalue weighted by Crippen LogP contribution is -2.20. The molecule has 1 aliphatic rings. The molecule has 0 saturated carbocycles. The van der Waals surface area contributed by atoms with Gasteiger partial charge in [0, 0.05) is 6.21 Å². The lowest BCUT2D eigenvalue weighted by atomic mass is 10.1. The monoisotopic (exact) mass is 284 g/mol. The Balaban J connectivity index is 2.47. The number of imide groups is 1. The molecule has 0 radical (unpaired) electrons. The second-order valence-electron chi connectivity index (χ2n) is 4.47. The Bertz CT molecular complexity index is 667. The van der Waals surface area contributed by atoms with E-state index in [4.69, 9.17) is 4.74 Å². The van der Waals surface area contributed by atoms with Crippen molar-refractivity contribution in [3.8, 4) is 5.75 Å². The van der Waals surface area contributed by atoms with Crippen LogP contribution in [0.4, 0.5) is 0 Å². The molecule has 1 heterocycles. The van der Waals surface area contributed by atoms with Gasteiger partial charge in [-0.2, -0.15) is 0 Å². The Labute approximate surface area is 123 Å². The maximum Gasteiger partial charge on any atom is 0.264 e. The van der Waals surface area contributed by atoms with E-state index in [0.29, 0.717) is 5.75 Å². The van der Waals surface area contributed by atoms with Crippen molar-refractivity contribution in [3.63, 3.8) is 0 Å². The Morgan fingerprint density at radius 2 is 1.81 bits per heavy atom. The topological polar surface area (TPSA) is 67.8 Å². The van der Waals surface area contributed by atoms with Crippen LogP contribution in [0.3, 0.4) is 0 Å². The molecule has 2 rings (SSSR count). The van der Waals surface area contributed by atoms with Crippen molar-refractivity contribution >= 4 is 18.0 Å². The number of carbonyl (C=O) groups excluding carboxylic acids is 2. The van der Waals surface area contributed by atoms with E-state index in [1.165, 1.54) is 6.21 Å². The molecule has 0 aromatic heterocycles. The number of nitrogens with one attached hydrogen (secondary N) is 1. The van der Waals surface area contributed by atoms with Gasteiger partial charge < -0.3 is 4.74 Å². The van der Waals surface area contributed by atoms with Gasteiger partial charge in [0.25, 0.3) is 11.8 Å². The fourth-order valence-corrected chi connectivity index (χ4v) is 1.93. The zero-order valence-electron chi connectivity index (χ0n) is 12.1. The van der Waals surface area contributed by atoms with Crippen molar-refractivity contribution in [3.05, 3.63) is 52.9 Å². The largest absolute Gasteiger partial charge is 0.438 e. The van der Waals surface area contributed by atoms with E-state index < -0.39 is 11.8 Å². The van der Waals surface area contributed by atoms with Crippen molar-refractivity contribution in [2.45, 2.75) is 20.8 Å². The van der Waals surface area contributed by atoms with E-state index in [-0.39, 0.29) is 17.0 Å². The van der Waals surface area contributed by atoms with Gasteiger partial charge in [-0.15, -0.1) is 0 Å². The Kier molecular flexibility index (Phi) is 4.33. The van der Waals surface area contributed by atoms with E-state index >= 15 is 0 Å². The number of allylic oxidation sites excluding steroid dienone is 1. The van der Waals surface area contributed by atoms with Gasteiger partial charge in [-0.05, 0) is 32.9 Å². The van der Waals surface area contributed by atoms with Crippen molar-refractivity contribution in [2.24, 2.45) is 4.99 Å². The first-order valence-electron chi connectivity index (χ1n) is 6.56. The highest BCUT2D eigenvalue weighted by Crippen LogP contribution is 2.25. The highest BCUT2D eigenvalue weighted by Gasteiger charge is 2.34. The Morgan fingerprint density at radius 3 is 2.38 bits per heavy atom. The third kappa shape index (κ3) is 3.08. The summed E-state index contributed by atoms with van der Waals surface area (Å²) < 4.78 is 5.67. The molecule has 1 N–H and O–H groups in total. The summed E-state index contributed by atoms with van der Waals surface area (Å²) in [5.41, 5.74) is 1.52. The van der Waals surface area contributed by atoms with Gasteiger partial charge in [0.05, 0.1) is 5.57 Å². The number of hydrogen-bond acceptors (Lipinski definition) is 4. The minimum atomic E-state index is -0.499. The molecule has 0 unspecified atom stereocenters. The summed E-state index contributed by atoms with van der Waals surface area (Å²) in [6, 6.07) is 7.35. The van der Waals surface area contributed by atoms with Crippen LogP contribution in [0.25, 0.3) is 0 Å². The van der Waals surface area contributed by atoms with Gasteiger partial charge in [-0.3, -0.25) is 14.9 Å². The molecule has 1 saturated heterocycles. The molecule has 0 spiro atoms. The summed E-state index contributed by atoms with van der Waals surface area (Å²) in [5, 5.41) is 2.24. The number of aryl methyl sites for hydroxylation is 1. The third-order valence-electron chi connectivity index (χ3n) is 2.95. The number of nitrogens with zero attached hydrogens (tertiary/aromatic N) is 1. The molecule has 1 aromatic rings. The van der Waals surface area contributed by atoms with Gasteiger partial charge in [0.15, 0.2) is 0 Å². The van der Waals surface area contributed by atoms with E-state index in [1.54, 1.807) is 32.1 Å². The van der Waals surface area contributed by atoms with Crippen LogP contribution in [0.15, 0.2) is 52.4 Å². The van der Waals surface area contributed by atoms with Crippen LogP contribution in [-0.4, -0.2) is 18.0 Å². The number of hydrogen-bond donors (Lipinski definition) is 1. The molecule has 5 heteroatoms. The van der Waals surface area contributed by atoms with Crippen LogP contribution in [0.1, 0.15) is 19.4 Å². The summed E-state index contributed by atoms with van der Waals surface area (Å²) >= 11 is 0. The van der Waals surface area contributed by atoms with E-state index in [9.17, 15) is 9.59 Å². The van der Waals surface area contributed by atoms with Crippen LogP contribution < -0.4 is 10.1 Å². The second kappa shape index (κ2) is 6.17. The minimum Gasteiger partial charge on any atom is -0.438 e. The lowest BCUT2D eigenvalue weighted by Gasteiger charge is -2.08. The summed E-state index contributed by atoms with van der Waals surface area (Å²) in [7, 11) is 0. The summed E-state index contributed by atoms with van der Waals surface area (Å²) in [4.78, 5) is 27.7. The average molecular weight is 284 g/mol. The fraction of sp³-hybridized carbons (Fsp3) is 0.188. The van der Waals surface area contributed by atoms with Gasteiger partial charge in [0.2, 0.25) is 5.88 Å². The van der Waals surface area contributed by atoms with E-state index in [0.717, 1.165) is 5.56 Å². The van der Waals surface area contributed by atoms with Crippen LogP contribution >= 0.6 is 0 Å². The van der Waals surface area contributed by atoms with Gasteiger partial charge in [0.1, 0.15) is 11.3 Å². The first-order valence-corrected chi connectivity index (χ1v) is 6.56. The zero-order valence-corrected chi connectivity index (χ0v) is 12.1. The number of carbonyl (C=O) groups is 2. The Hall–Kier alpha value is -2.69. The highest BCUT2D eigenvalue weighted by atomic mass is 16.5. The first kappa shape index (κ1) is 14.7. The summed E-state index contributed by atoms with van der Waals surface area (Å²) in [6.45, 7) is 5.37. The van der Waals surface area contributed by atoms with Gasteiger partial charge in [-0.1, -0.05) is 23.8 Å². The molecular formula is C16H16N2O3. The number of ether oxygens (including phenoxy) is 1. The summed E-state index contributed by atoms with van der Waals surface area (Å²) in [5.74, 6) is -0.274. The normalized spacial score (nSPS) is 19.3. The molecule has 1 aromatic carbocycles. The molecule has 21 heavy (non-hydrogen) atoms. The van der Waals surface area contributed by atoms with Gasteiger partial charge in [-0.25, -0.2) is 4.99 Å². The highest BCUT2D eigenvalue weighted by molar-refractivity contribution is 6.24. The maximum atomic E-state index is 11.9. The van der Waals surface area contributed by atoms with E-state index in [1.807, 2.05) is 19.1 Å². The number of amides is 2. The molecule has 108 valence electrons. The molecule has 1 fully saturated rings. The van der Waals surface area contributed by atoms with Crippen molar-refractivity contribution in [1.82, 2.24) is 5.32 Å². The fourth-order valence-electron chi connectivity index (χ4n) is 1.93. The van der Waals surface area contributed by atoms with Crippen LogP contribution in [0, 0.1) is 6.92 Å². The number of benzene rings is 1. The third-order valence-corrected chi connectivity index (χ3v) is 2.95. The summed E-state index contributed by atoms with van der Waals surface area (Å²) in [6.07, 6.45) is 3.08. The van der Waals surface area contributed by atoms with Crippen LogP contribution in [0.2, 0.25) is 0 Å². The molecule has 0 bridgehead atoms. The van der Waals surface area contributed by atoms with Crippen molar-refractivity contribution in [1.29, 1.82) is 0 Å². The number of rotatable bonds is 3. The predicted octanol–water partition coefficient (Wildman–Crippen LogP) is 2.28. The number of aliphatic imine (C=N–C) groups is 1. The molecular weight excluding hydrogens is 268 g/mol. The SMILES string of the molecule is C/C=N/C(Oc1ccc(C)cc1)=C1/C(=O)NC(=O)/C1=C/C. The smallest absolute Gasteiger partial charge is 0.264 e. The molecule has 5 nitrogen and oxygen atoms in total. The quantitative estimate of drug-likeness (QED) is 0.401. The van der Waals surface area contributed by atoms with Gasteiger partial charge >= 0.3 is 0 Å². The van der Waals surface area contributed by atoms with Crippen LogP contribution in [0.5, 0.6) is 5.75 Å². The average Bonchev–Trinajstić information content (AvgIpc) is 2.74. The first-order chi connectivity index (χ1) is 10.1. The van der Waals surface area contributed by atoms with Crippen molar-refractivity contribution in [2.75, 3.05) is 0 Å². The van der Waals surface area contributed by atoms with Crippen molar-refractivity contribution < 1.29 is 14.3 Å². The lowest BCUT2D eigenvalue weighted by molar-refractivity contribution is -0.123. The molecule has 0 atom stereocenters. The molecule has 0 aliphatic carbocycles. The maximum absolute atomic E-state index is 11.9. The standard InChI is InChI=1S/C16H16N2O3/c1-4-12-13(15(20)18-14(12)19)16(17-5-2)21-11-8-6-10(3)7-9-11/h4-9H,1-3H3,(H,18,19,20)/b12-4+,16-13-,17-5+.